The van der Waals surface area contributed by atoms with Gasteiger partial charge in [0, 0.05) is 32.5 Å². The van der Waals surface area contributed by atoms with E-state index in [1.165, 1.54) is 20.3 Å². The first-order valence-electron chi connectivity index (χ1n) is 12.8. The monoisotopic (exact) mass is 542 g/mol. The van der Waals surface area contributed by atoms with Gasteiger partial charge in [0.25, 0.3) is 5.56 Å². The fraction of sp³-hybridized carbons (Fsp3) is 0.286. The van der Waals surface area contributed by atoms with Crippen molar-refractivity contribution in [2.24, 2.45) is 10.4 Å². The molecule has 204 valence electrons. The van der Waals surface area contributed by atoms with Gasteiger partial charge < -0.3 is 10.0 Å². The number of anilines is 1. The number of imide groups is 2. The van der Waals surface area contributed by atoms with E-state index in [1.54, 1.807) is 42.5 Å². The van der Waals surface area contributed by atoms with Crippen molar-refractivity contribution in [3.63, 3.8) is 0 Å². The topological polar surface area (TPSA) is 148 Å². The minimum atomic E-state index is -1.44. The Labute approximate surface area is 227 Å². The summed E-state index contributed by atoms with van der Waals surface area (Å²) in [5, 5.41) is 10.8. The second kappa shape index (κ2) is 9.04. The van der Waals surface area contributed by atoms with Gasteiger partial charge in [-0.3, -0.25) is 34.2 Å². The summed E-state index contributed by atoms with van der Waals surface area (Å²) >= 11 is 0. The highest BCUT2D eigenvalue weighted by molar-refractivity contribution is 6.20. The third-order valence-corrected chi connectivity index (χ3v) is 8.09. The molecule has 40 heavy (non-hydrogen) atoms. The number of fused-ring (bicyclic) bond motifs is 4. The molecule has 6 rings (SSSR count). The van der Waals surface area contributed by atoms with Gasteiger partial charge in [0.05, 0.1) is 17.4 Å². The van der Waals surface area contributed by atoms with E-state index in [2.05, 4.69) is 14.9 Å². The van der Waals surface area contributed by atoms with Crippen LogP contribution in [0.1, 0.15) is 24.0 Å². The van der Waals surface area contributed by atoms with Crippen molar-refractivity contribution < 1.29 is 19.5 Å². The fourth-order valence-electron chi connectivity index (χ4n) is 6.20. The lowest BCUT2D eigenvalue weighted by atomic mass is 9.68. The summed E-state index contributed by atoms with van der Waals surface area (Å²) in [6.07, 6.45) is 2.71. The molecule has 2 aromatic carbocycles. The summed E-state index contributed by atoms with van der Waals surface area (Å²) in [4.78, 5) is 75.3. The highest BCUT2D eigenvalue weighted by atomic mass is 16.3. The van der Waals surface area contributed by atoms with Crippen LogP contribution in [0.15, 0.2) is 63.1 Å². The summed E-state index contributed by atoms with van der Waals surface area (Å²) < 4.78 is 0.974. The number of carbonyl (C=O) groups is 3. The summed E-state index contributed by atoms with van der Waals surface area (Å²) in [5.41, 5.74) is -0.876. The molecule has 3 aliphatic rings. The van der Waals surface area contributed by atoms with Gasteiger partial charge in [0.1, 0.15) is 5.56 Å². The normalized spacial score (nSPS) is 20.0. The van der Waals surface area contributed by atoms with Crippen molar-refractivity contribution in [3.05, 3.63) is 80.5 Å². The van der Waals surface area contributed by atoms with Crippen molar-refractivity contribution in [2.75, 3.05) is 25.5 Å². The Kier molecular flexibility index (Phi) is 5.71. The third kappa shape index (κ3) is 3.52. The van der Waals surface area contributed by atoms with E-state index in [0.717, 1.165) is 26.5 Å². The molecular formula is C28H26N6O6. The van der Waals surface area contributed by atoms with Gasteiger partial charge in [-0.1, -0.05) is 18.2 Å². The minimum absolute atomic E-state index is 0.0945. The second-order valence-corrected chi connectivity index (χ2v) is 10.2. The molecule has 0 bridgehead atoms. The van der Waals surface area contributed by atoms with E-state index in [1.807, 2.05) is 6.07 Å². The quantitative estimate of drug-likeness (QED) is 0.377. The van der Waals surface area contributed by atoms with Crippen LogP contribution in [-0.2, 0) is 16.0 Å². The van der Waals surface area contributed by atoms with Crippen molar-refractivity contribution in [2.45, 2.75) is 25.3 Å². The lowest BCUT2D eigenvalue weighted by Gasteiger charge is -2.50. The van der Waals surface area contributed by atoms with Crippen molar-refractivity contribution in [3.8, 4) is 11.6 Å². The van der Waals surface area contributed by atoms with Crippen LogP contribution in [0.3, 0.4) is 0 Å². The standard InChI is InChI=1S/C28H26N6O6/c1-31-24(37)28(25(38)32(2)27(31)40)14-16-13-17(10-11-20(16)33-12-6-9-21(28)33)29-15-19-22(35)30-26(39)34(23(19)36)18-7-4-3-5-8-18/h3-5,7-8,10-11,13,15,21,36H,6,9,12,14H2,1-2H3,(H,30,35,39)/t21-/m1/s1. The van der Waals surface area contributed by atoms with Crippen molar-refractivity contribution in [1.82, 2.24) is 19.4 Å². The molecule has 4 heterocycles. The second-order valence-electron chi connectivity index (χ2n) is 10.2. The maximum Gasteiger partial charge on any atom is 0.335 e. The van der Waals surface area contributed by atoms with Gasteiger partial charge >= 0.3 is 11.7 Å². The Hall–Kier alpha value is -5.00. The van der Waals surface area contributed by atoms with Crippen LogP contribution < -0.4 is 16.1 Å². The molecule has 12 nitrogen and oxygen atoms in total. The highest BCUT2D eigenvalue weighted by Gasteiger charge is 2.63. The SMILES string of the molecule is CN1C(=O)N(C)C(=O)C2(Cc3cc(N=Cc4c(O)n(-c5ccccc5)c(=O)[nH]c4=O)ccc3N3CCC[C@@H]32)C1=O. The Balaban J connectivity index is 1.41. The number of urea groups is 1. The predicted molar refractivity (Wildman–Crippen MR) is 145 cm³/mol. The van der Waals surface area contributed by atoms with Gasteiger partial charge in [-0.15, -0.1) is 0 Å². The zero-order valence-corrected chi connectivity index (χ0v) is 21.8. The average Bonchev–Trinajstić information content (AvgIpc) is 3.45. The maximum atomic E-state index is 13.6. The third-order valence-electron chi connectivity index (χ3n) is 8.09. The molecule has 2 fully saturated rings. The summed E-state index contributed by atoms with van der Waals surface area (Å²) in [6.45, 7) is 0.661. The van der Waals surface area contributed by atoms with Crippen LogP contribution in [0.25, 0.3) is 5.69 Å². The summed E-state index contributed by atoms with van der Waals surface area (Å²) in [5.74, 6) is -1.59. The lowest BCUT2D eigenvalue weighted by Crippen LogP contribution is -2.70. The molecule has 12 heteroatoms. The number of barbiturate groups is 1. The average molecular weight is 543 g/mol. The zero-order valence-electron chi connectivity index (χ0n) is 21.8. The molecule has 3 aliphatic heterocycles. The predicted octanol–water partition coefficient (Wildman–Crippen LogP) is 1.54. The van der Waals surface area contributed by atoms with E-state index in [-0.39, 0.29) is 18.0 Å². The number of benzene rings is 2. The molecule has 4 amide bonds. The number of hydrogen-bond acceptors (Lipinski definition) is 8. The fourth-order valence-corrected chi connectivity index (χ4v) is 6.20. The lowest BCUT2D eigenvalue weighted by molar-refractivity contribution is -0.159. The van der Waals surface area contributed by atoms with Crippen LogP contribution in [-0.4, -0.2) is 75.2 Å². The number of aromatic hydroxyl groups is 1. The molecule has 0 saturated carbocycles. The van der Waals surface area contributed by atoms with Crippen LogP contribution in [0.4, 0.5) is 16.2 Å². The van der Waals surface area contributed by atoms with Crippen LogP contribution in [0.5, 0.6) is 5.88 Å². The van der Waals surface area contributed by atoms with Crippen LogP contribution in [0, 0.1) is 5.41 Å². The number of rotatable bonds is 3. The first-order valence-corrected chi connectivity index (χ1v) is 12.8. The first kappa shape index (κ1) is 25.3. The number of nitrogens with one attached hydrogen (secondary N) is 1. The Morgan fingerprint density at radius 2 is 1.70 bits per heavy atom. The summed E-state index contributed by atoms with van der Waals surface area (Å²) in [6, 6.07) is 12.7. The molecule has 3 aromatic rings. The number of aromatic nitrogens is 2. The Morgan fingerprint density at radius 1 is 1.00 bits per heavy atom. The van der Waals surface area contributed by atoms with Gasteiger partial charge in [-0.25, -0.2) is 14.2 Å². The molecule has 0 aliphatic carbocycles. The molecule has 0 radical (unpaired) electrons. The summed E-state index contributed by atoms with van der Waals surface area (Å²) in [7, 11) is 2.79. The first-order chi connectivity index (χ1) is 19.1. The number of nitrogens with zero attached hydrogens (tertiary/aromatic N) is 5. The molecular weight excluding hydrogens is 516 g/mol. The molecule has 1 spiro atoms. The van der Waals surface area contributed by atoms with E-state index < -0.39 is 40.4 Å². The van der Waals surface area contributed by atoms with Crippen molar-refractivity contribution >= 4 is 35.4 Å². The van der Waals surface area contributed by atoms with Gasteiger partial charge in [-0.05, 0) is 55.2 Å². The number of para-hydroxylation sites is 1. The number of aliphatic imine (C=N–C) groups is 1. The van der Waals surface area contributed by atoms with Gasteiger partial charge in [0.2, 0.25) is 17.7 Å². The van der Waals surface area contributed by atoms with Gasteiger partial charge in [-0.2, -0.15) is 0 Å². The highest BCUT2D eigenvalue weighted by Crippen LogP contribution is 2.49. The van der Waals surface area contributed by atoms with E-state index in [4.69, 9.17) is 0 Å². The smallest absolute Gasteiger partial charge is 0.335 e. The largest absolute Gasteiger partial charge is 0.493 e. The number of hydrogen-bond donors (Lipinski definition) is 2. The molecule has 2 saturated heterocycles. The maximum absolute atomic E-state index is 13.6. The Morgan fingerprint density at radius 3 is 2.40 bits per heavy atom. The molecule has 1 atom stereocenters. The number of H-pyrrole nitrogens is 1. The van der Waals surface area contributed by atoms with Crippen molar-refractivity contribution in [1.29, 1.82) is 0 Å². The van der Waals surface area contributed by atoms with Gasteiger partial charge in [0.15, 0.2) is 5.41 Å². The molecule has 0 unspecified atom stereocenters. The number of amides is 4. The number of aromatic amines is 1. The van der Waals surface area contributed by atoms with E-state index >= 15 is 0 Å². The molecule has 1 aromatic heterocycles. The van der Waals surface area contributed by atoms with Crippen LogP contribution >= 0.6 is 0 Å². The Bertz CT molecular complexity index is 1700. The van der Waals surface area contributed by atoms with E-state index in [9.17, 15) is 29.1 Å². The zero-order chi connectivity index (χ0) is 28.3. The van der Waals surface area contributed by atoms with E-state index in [0.29, 0.717) is 29.9 Å². The minimum Gasteiger partial charge on any atom is -0.493 e. The van der Waals surface area contributed by atoms with Crippen LogP contribution in [0.2, 0.25) is 0 Å². The number of carbonyl (C=O) groups excluding carboxylic acids is 3. The molecule has 2 N–H and O–H groups in total.